The highest BCUT2D eigenvalue weighted by Gasteiger charge is 2.20. The first-order valence-corrected chi connectivity index (χ1v) is 11.2. The predicted molar refractivity (Wildman–Crippen MR) is 134 cm³/mol. The molecule has 174 valence electrons. The Labute approximate surface area is 197 Å². The van der Waals surface area contributed by atoms with Crippen molar-refractivity contribution >= 4 is 40.5 Å². The minimum atomic E-state index is -0.349. The molecule has 3 aromatic rings. The molecule has 1 heterocycles. The Balaban J connectivity index is 1.61. The van der Waals surface area contributed by atoms with Crippen molar-refractivity contribution in [2.24, 2.45) is 0 Å². The van der Waals surface area contributed by atoms with E-state index >= 15 is 0 Å². The lowest BCUT2D eigenvalue weighted by Crippen LogP contribution is -2.35. The van der Waals surface area contributed by atoms with Gasteiger partial charge in [0.25, 0.3) is 17.7 Å². The summed E-state index contributed by atoms with van der Waals surface area (Å²) in [7, 11) is 0. The second-order valence-electron chi connectivity index (χ2n) is 8.30. The zero-order chi connectivity index (χ0) is 24.1. The molecule has 1 aliphatic heterocycles. The Morgan fingerprint density at radius 1 is 0.618 bits per heavy atom. The summed E-state index contributed by atoms with van der Waals surface area (Å²) in [4.78, 5) is 40.5. The van der Waals surface area contributed by atoms with E-state index in [0.29, 0.717) is 52.5 Å². The van der Waals surface area contributed by atoms with E-state index in [4.69, 9.17) is 11.5 Å². The molecule has 6 N–H and O–H groups in total. The minimum Gasteiger partial charge on any atom is -0.399 e. The third-order valence-corrected chi connectivity index (χ3v) is 5.68. The van der Waals surface area contributed by atoms with Crippen LogP contribution in [0.4, 0.5) is 22.7 Å². The van der Waals surface area contributed by atoms with Crippen molar-refractivity contribution in [1.82, 2.24) is 4.90 Å². The van der Waals surface area contributed by atoms with E-state index in [1.807, 2.05) is 0 Å². The van der Waals surface area contributed by atoms with Crippen LogP contribution in [0.25, 0.3) is 0 Å². The number of piperidine rings is 1. The Bertz CT molecular complexity index is 1120. The Hall–Kier alpha value is -4.33. The van der Waals surface area contributed by atoms with E-state index < -0.39 is 0 Å². The van der Waals surface area contributed by atoms with Crippen LogP contribution in [0, 0.1) is 0 Å². The SMILES string of the molecule is Nc1ccc(C(=O)Nc2cc(NC(=O)c3ccc(N)cc3)cc(C(=O)N3CCCCC3)c2)cc1. The molecule has 3 aromatic carbocycles. The number of rotatable bonds is 5. The van der Waals surface area contributed by atoms with E-state index in [-0.39, 0.29) is 17.7 Å². The van der Waals surface area contributed by atoms with Gasteiger partial charge in [-0.25, -0.2) is 0 Å². The summed E-state index contributed by atoms with van der Waals surface area (Å²) in [5.74, 6) is -0.831. The number of nitrogens with two attached hydrogens (primary N) is 2. The molecule has 34 heavy (non-hydrogen) atoms. The zero-order valence-electron chi connectivity index (χ0n) is 18.7. The first-order valence-electron chi connectivity index (χ1n) is 11.2. The van der Waals surface area contributed by atoms with Crippen LogP contribution in [0.15, 0.2) is 66.7 Å². The molecule has 0 atom stereocenters. The maximum atomic E-state index is 13.2. The summed E-state index contributed by atoms with van der Waals surface area (Å²) >= 11 is 0. The summed E-state index contributed by atoms with van der Waals surface area (Å²) in [6.45, 7) is 1.38. The molecule has 1 fully saturated rings. The van der Waals surface area contributed by atoms with Crippen LogP contribution in [-0.4, -0.2) is 35.7 Å². The summed E-state index contributed by atoms with van der Waals surface area (Å²) in [5.41, 5.74) is 14.6. The van der Waals surface area contributed by atoms with Gasteiger partial charge >= 0.3 is 0 Å². The zero-order valence-corrected chi connectivity index (χ0v) is 18.7. The van der Waals surface area contributed by atoms with E-state index in [0.717, 1.165) is 19.3 Å². The van der Waals surface area contributed by atoms with Crippen molar-refractivity contribution in [1.29, 1.82) is 0 Å². The van der Waals surface area contributed by atoms with E-state index in [1.54, 1.807) is 71.6 Å². The fraction of sp³-hybridized carbons (Fsp3) is 0.192. The number of benzene rings is 3. The first-order chi connectivity index (χ1) is 16.4. The second kappa shape index (κ2) is 10.1. The molecule has 0 saturated carbocycles. The number of carbonyl (C=O) groups is 3. The van der Waals surface area contributed by atoms with Crippen molar-refractivity contribution in [3.05, 3.63) is 83.4 Å². The van der Waals surface area contributed by atoms with Crippen LogP contribution >= 0.6 is 0 Å². The molecular formula is C26H27N5O3. The highest BCUT2D eigenvalue weighted by atomic mass is 16.2. The summed E-state index contributed by atoms with van der Waals surface area (Å²) in [5, 5.41) is 5.64. The highest BCUT2D eigenvalue weighted by Crippen LogP contribution is 2.23. The van der Waals surface area contributed by atoms with Crippen LogP contribution in [0.1, 0.15) is 50.3 Å². The van der Waals surface area contributed by atoms with Gasteiger partial charge in [0.2, 0.25) is 0 Å². The number of nitrogen functional groups attached to an aromatic ring is 2. The van der Waals surface area contributed by atoms with E-state index in [2.05, 4.69) is 10.6 Å². The lowest BCUT2D eigenvalue weighted by Gasteiger charge is -2.27. The molecule has 4 rings (SSSR count). The van der Waals surface area contributed by atoms with Gasteiger partial charge in [0.05, 0.1) is 0 Å². The van der Waals surface area contributed by atoms with Crippen LogP contribution in [0.5, 0.6) is 0 Å². The average Bonchev–Trinajstić information content (AvgIpc) is 2.84. The Morgan fingerprint density at radius 2 is 1.06 bits per heavy atom. The van der Waals surface area contributed by atoms with Gasteiger partial charge < -0.3 is 27.0 Å². The lowest BCUT2D eigenvalue weighted by molar-refractivity contribution is 0.0724. The number of anilines is 4. The molecular weight excluding hydrogens is 430 g/mol. The molecule has 0 bridgehead atoms. The van der Waals surface area contributed by atoms with Gasteiger partial charge in [0.1, 0.15) is 0 Å². The molecule has 1 saturated heterocycles. The highest BCUT2D eigenvalue weighted by molar-refractivity contribution is 6.08. The van der Waals surface area contributed by atoms with Crippen molar-refractivity contribution in [3.63, 3.8) is 0 Å². The Kier molecular flexibility index (Phi) is 6.77. The monoisotopic (exact) mass is 457 g/mol. The number of hydrogen-bond acceptors (Lipinski definition) is 5. The molecule has 0 spiro atoms. The lowest BCUT2D eigenvalue weighted by atomic mass is 10.1. The quantitative estimate of drug-likeness (QED) is 0.431. The third kappa shape index (κ3) is 5.53. The van der Waals surface area contributed by atoms with Crippen molar-refractivity contribution in [3.8, 4) is 0 Å². The fourth-order valence-corrected chi connectivity index (χ4v) is 3.85. The molecule has 0 aliphatic carbocycles. The molecule has 3 amide bonds. The van der Waals surface area contributed by atoms with Gasteiger partial charge in [-0.3, -0.25) is 14.4 Å². The molecule has 0 unspecified atom stereocenters. The Morgan fingerprint density at radius 3 is 1.50 bits per heavy atom. The van der Waals surface area contributed by atoms with Crippen LogP contribution in [0.3, 0.4) is 0 Å². The molecule has 0 radical (unpaired) electrons. The molecule has 8 nitrogen and oxygen atoms in total. The number of likely N-dealkylation sites (tertiary alicyclic amines) is 1. The third-order valence-electron chi connectivity index (χ3n) is 5.68. The van der Waals surface area contributed by atoms with Gasteiger partial charge in [0.15, 0.2) is 0 Å². The number of nitrogens with one attached hydrogen (secondary N) is 2. The van der Waals surface area contributed by atoms with Gasteiger partial charge in [-0.2, -0.15) is 0 Å². The molecule has 1 aliphatic rings. The van der Waals surface area contributed by atoms with Gasteiger partial charge in [-0.05, 0) is 86.0 Å². The van der Waals surface area contributed by atoms with Crippen LogP contribution < -0.4 is 22.1 Å². The number of carbonyl (C=O) groups excluding carboxylic acids is 3. The van der Waals surface area contributed by atoms with Gasteiger partial charge in [0, 0.05) is 52.5 Å². The van der Waals surface area contributed by atoms with Crippen LogP contribution in [-0.2, 0) is 0 Å². The normalized spacial score (nSPS) is 13.2. The summed E-state index contributed by atoms with van der Waals surface area (Å²) < 4.78 is 0. The van der Waals surface area contributed by atoms with Crippen molar-refractivity contribution in [2.45, 2.75) is 19.3 Å². The minimum absolute atomic E-state index is 0.133. The second-order valence-corrected chi connectivity index (χ2v) is 8.30. The van der Waals surface area contributed by atoms with Gasteiger partial charge in [-0.1, -0.05) is 0 Å². The van der Waals surface area contributed by atoms with Gasteiger partial charge in [-0.15, -0.1) is 0 Å². The molecule has 8 heteroatoms. The van der Waals surface area contributed by atoms with Crippen LogP contribution in [0.2, 0.25) is 0 Å². The van der Waals surface area contributed by atoms with Crippen molar-refractivity contribution in [2.75, 3.05) is 35.2 Å². The predicted octanol–water partition coefficient (Wildman–Crippen LogP) is 3.98. The van der Waals surface area contributed by atoms with E-state index in [9.17, 15) is 14.4 Å². The summed E-state index contributed by atoms with van der Waals surface area (Å²) in [6.07, 6.45) is 3.02. The maximum Gasteiger partial charge on any atom is 0.255 e. The standard InChI is InChI=1S/C26H27N5O3/c27-20-8-4-17(5-9-20)24(32)29-22-14-19(26(34)31-12-2-1-3-13-31)15-23(16-22)30-25(33)18-6-10-21(28)11-7-18/h4-11,14-16H,1-3,12-13,27-28H2,(H,29,32)(H,30,33). The largest absolute Gasteiger partial charge is 0.399 e. The first kappa shape index (κ1) is 22.8. The maximum absolute atomic E-state index is 13.2. The number of hydrogen-bond donors (Lipinski definition) is 4. The smallest absolute Gasteiger partial charge is 0.255 e. The number of amides is 3. The topological polar surface area (TPSA) is 131 Å². The average molecular weight is 458 g/mol. The fourth-order valence-electron chi connectivity index (χ4n) is 3.85. The van der Waals surface area contributed by atoms with E-state index in [1.165, 1.54) is 0 Å². The summed E-state index contributed by atoms with van der Waals surface area (Å²) in [6, 6.07) is 17.9. The molecule has 0 aromatic heterocycles. The van der Waals surface area contributed by atoms with Crippen molar-refractivity contribution < 1.29 is 14.4 Å². The number of nitrogens with zero attached hydrogens (tertiary/aromatic N) is 1.